The molecule has 1 aromatic heterocycles. The highest BCUT2D eigenvalue weighted by Crippen LogP contribution is 2.27. The van der Waals surface area contributed by atoms with Gasteiger partial charge in [0.25, 0.3) is 0 Å². The van der Waals surface area contributed by atoms with Gasteiger partial charge in [-0.05, 0) is 45.4 Å². The van der Waals surface area contributed by atoms with E-state index >= 15 is 0 Å². The van der Waals surface area contributed by atoms with Crippen molar-refractivity contribution < 1.29 is 0 Å². The van der Waals surface area contributed by atoms with Crippen LogP contribution in [0.2, 0.25) is 0 Å². The Labute approximate surface area is 110 Å². The Morgan fingerprint density at radius 3 is 2.22 bits per heavy atom. The van der Waals surface area contributed by atoms with Crippen LogP contribution in [0.15, 0.2) is 0 Å². The molecule has 0 unspecified atom stereocenters. The van der Waals surface area contributed by atoms with Gasteiger partial charge in [0, 0.05) is 18.7 Å². The van der Waals surface area contributed by atoms with Gasteiger partial charge < -0.3 is 10.6 Å². The number of hydrogen-bond acceptors (Lipinski definition) is 4. The van der Waals surface area contributed by atoms with Crippen molar-refractivity contribution in [2.45, 2.75) is 52.5 Å². The van der Waals surface area contributed by atoms with Crippen LogP contribution >= 0.6 is 0 Å². The first-order valence-corrected chi connectivity index (χ1v) is 6.89. The van der Waals surface area contributed by atoms with E-state index in [1.54, 1.807) is 0 Å². The second-order valence-corrected chi connectivity index (χ2v) is 5.44. The molecule has 0 spiro atoms. The van der Waals surface area contributed by atoms with Crippen LogP contribution in [0.5, 0.6) is 0 Å². The summed E-state index contributed by atoms with van der Waals surface area (Å²) in [6.45, 7) is 6.35. The maximum absolute atomic E-state index is 4.53. The van der Waals surface area contributed by atoms with Crippen molar-refractivity contribution in [1.82, 2.24) is 9.97 Å². The lowest BCUT2D eigenvalue weighted by atomic mass is 9.87. The van der Waals surface area contributed by atoms with E-state index in [2.05, 4.69) is 34.4 Å². The zero-order chi connectivity index (χ0) is 13.1. The van der Waals surface area contributed by atoms with Crippen molar-refractivity contribution in [3.63, 3.8) is 0 Å². The highest BCUT2D eigenvalue weighted by atomic mass is 15.1. The molecule has 1 aliphatic carbocycles. The summed E-state index contributed by atoms with van der Waals surface area (Å²) in [6, 6.07) is 0.568. The van der Waals surface area contributed by atoms with Gasteiger partial charge in [-0.15, -0.1) is 0 Å². The number of nitrogens with zero attached hydrogens (tertiary/aromatic N) is 2. The van der Waals surface area contributed by atoms with Crippen molar-refractivity contribution in [1.29, 1.82) is 0 Å². The summed E-state index contributed by atoms with van der Waals surface area (Å²) in [4.78, 5) is 8.93. The standard InChI is InChI=1S/C14H24N4/c1-9-5-7-12(8-6-9)18-14-10(2)13(15-4)16-11(3)17-14/h9,12H,5-8H2,1-4H3,(H2,15,16,17,18). The summed E-state index contributed by atoms with van der Waals surface area (Å²) >= 11 is 0. The minimum atomic E-state index is 0.568. The number of aromatic nitrogens is 2. The summed E-state index contributed by atoms with van der Waals surface area (Å²) in [7, 11) is 1.90. The fourth-order valence-electron chi connectivity index (χ4n) is 2.61. The molecule has 18 heavy (non-hydrogen) atoms. The third kappa shape index (κ3) is 2.92. The van der Waals surface area contributed by atoms with Crippen LogP contribution in [0.25, 0.3) is 0 Å². The molecule has 4 nitrogen and oxygen atoms in total. The Kier molecular flexibility index (Phi) is 4.04. The predicted molar refractivity (Wildman–Crippen MR) is 76.1 cm³/mol. The molecule has 0 aliphatic heterocycles. The number of nitrogens with one attached hydrogen (secondary N) is 2. The van der Waals surface area contributed by atoms with Crippen molar-refractivity contribution >= 4 is 11.6 Å². The molecule has 0 aromatic carbocycles. The van der Waals surface area contributed by atoms with Gasteiger partial charge >= 0.3 is 0 Å². The Balaban J connectivity index is 2.11. The molecular formula is C14H24N4. The van der Waals surface area contributed by atoms with E-state index in [0.29, 0.717) is 6.04 Å². The molecule has 0 radical (unpaired) electrons. The molecule has 1 saturated carbocycles. The van der Waals surface area contributed by atoms with Crippen molar-refractivity contribution in [2.24, 2.45) is 5.92 Å². The molecule has 1 aliphatic rings. The first kappa shape index (κ1) is 13.1. The average Bonchev–Trinajstić information content (AvgIpc) is 2.36. The molecular weight excluding hydrogens is 224 g/mol. The van der Waals surface area contributed by atoms with E-state index in [9.17, 15) is 0 Å². The van der Waals surface area contributed by atoms with Crippen LogP contribution in [0, 0.1) is 19.8 Å². The lowest BCUT2D eigenvalue weighted by Gasteiger charge is -2.28. The number of hydrogen-bond donors (Lipinski definition) is 2. The topological polar surface area (TPSA) is 49.8 Å². The fourth-order valence-corrected chi connectivity index (χ4v) is 2.61. The third-order valence-corrected chi connectivity index (χ3v) is 3.85. The average molecular weight is 248 g/mol. The predicted octanol–water partition coefficient (Wildman–Crippen LogP) is 3.13. The third-order valence-electron chi connectivity index (χ3n) is 3.85. The lowest BCUT2D eigenvalue weighted by Crippen LogP contribution is -2.26. The van der Waals surface area contributed by atoms with Crippen molar-refractivity contribution in [2.75, 3.05) is 17.7 Å². The zero-order valence-electron chi connectivity index (χ0n) is 11.9. The normalized spacial score (nSPS) is 23.8. The van der Waals surface area contributed by atoms with E-state index in [4.69, 9.17) is 0 Å². The monoisotopic (exact) mass is 248 g/mol. The van der Waals surface area contributed by atoms with Crippen LogP contribution in [-0.2, 0) is 0 Å². The Bertz CT molecular complexity index is 409. The van der Waals surface area contributed by atoms with Gasteiger partial charge in [-0.2, -0.15) is 0 Å². The van der Waals surface area contributed by atoms with E-state index in [1.165, 1.54) is 25.7 Å². The lowest BCUT2D eigenvalue weighted by molar-refractivity contribution is 0.360. The largest absolute Gasteiger partial charge is 0.373 e. The first-order chi connectivity index (χ1) is 8.60. The summed E-state index contributed by atoms with van der Waals surface area (Å²) < 4.78 is 0. The van der Waals surface area contributed by atoms with Gasteiger partial charge in [-0.25, -0.2) is 9.97 Å². The highest BCUT2D eigenvalue weighted by Gasteiger charge is 2.19. The Hall–Kier alpha value is -1.32. The summed E-state index contributed by atoms with van der Waals surface area (Å²) in [5.74, 6) is 3.61. The fraction of sp³-hybridized carbons (Fsp3) is 0.714. The summed E-state index contributed by atoms with van der Waals surface area (Å²) in [5, 5.41) is 6.72. The molecule has 4 heteroatoms. The molecule has 0 atom stereocenters. The minimum Gasteiger partial charge on any atom is -0.373 e. The maximum Gasteiger partial charge on any atom is 0.134 e. The molecule has 2 rings (SSSR count). The maximum atomic E-state index is 4.53. The van der Waals surface area contributed by atoms with Gasteiger partial charge in [-0.3, -0.25) is 0 Å². The second-order valence-electron chi connectivity index (χ2n) is 5.44. The molecule has 0 amide bonds. The molecule has 100 valence electrons. The quantitative estimate of drug-likeness (QED) is 0.863. The van der Waals surface area contributed by atoms with Crippen molar-refractivity contribution in [3.8, 4) is 0 Å². The molecule has 2 N–H and O–H groups in total. The van der Waals surface area contributed by atoms with E-state index in [0.717, 1.165) is 28.9 Å². The van der Waals surface area contributed by atoms with Gasteiger partial charge in [0.2, 0.25) is 0 Å². The smallest absolute Gasteiger partial charge is 0.134 e. The Morgan fingerprint density at radius 1 is 1.00 bits per heavy atom. The summed E-state index contributed by atoms with van der Waals surface area (Å²) in [5.41, 5.74) is 1.11. The Morgan fingerprint density at radius 2 is 1.61 bits per heavy atom. The first-order valence-electron chi connectivity index (χ1n) is 6.89. The van der Waals surface area contributed by atoms with Crippen LogP contribution in [0.1, 0.15) is 44.0 Å². The molecule has 0 saturated heterocycles. The van der Waals surface area contributed by atoms with Crippen LogP contribution < -0.4 is 10.6 Å². The molecule has 1 aromatic rings. The minimum absolute atomic E-state index is 0.568. The van der Waals surface area contributed by atoms with Gasteiger partial charge in [0.15, 0.2) is 0 Å². The van der Waals surface area contributed by atoms with Crippen LogP contribution in [0.3, 0.4) is 0 Å². The van der Waals surface area contributed by atoms with Crippen LogP contribution in [-0.4, -0.2) is 23.1 Å². The molecule has 1 fully saturated rings. The van der Waals surface area contributed by atoms with E-state index in [-0.39, 0.29) is 0 Å². The van der Waals surface area contributed by atoms with Gasteiger partial charge in [0.05, 0.1) is 0 Å². The molecule has 0 bridgehead atoms. The van der Waals surface area contributed by atoms with Crippen molar-refractivity contribution in [3.05, 3.63) is 11.4 Å². The van der Waals surface area contributed by atoms with Crippen LogP contribution in [0.4, 0.5) is 11.6 Å². The van der Waals surface area contributed by atoms with E-state index < -0.39 is 0 Å². The number of rotatable bonds is 3. The van der Waals surface area contributed by atoms with Gasteiger partial charge in [-0.1, -0.05) is 6.92 Å². The van der Waals surface area contributed by atoms with E-state index in [1.807, 2.05) is 14.0 Å². The zero-order valence-corrected chi connectivity index (χ0v) is 11.9. The molecule has 1 heterocycles. The summed E-state index contributed by atoms with van der Waals surface area (Å²) in [6.07, 6.45) is 5.14. The highest BCUT2D eigenvalue weighted by molar-refractivity contribution is 5.57. The second kappa shape index (κ2) is 5.55. The van der Waals surface area contributed by atoms with Gasteiger partial charge in [0.1, 0.15) is 17.5 Å². The number of aryl methyl sites for hydroxylation is 1. The number of anilines is 2. The SMILES string of the molecule is CNc1nc(C)nc(NC2CCC(C)CC2)c1C.